The second-order valence-corrected chi connectivity index (χ2v) is 6.06. The molecule has 0 aliphatic carbocycles. The predicted molar refractivity (Wildman–Crippen MR) is 88.7 cm³/mol. The maximum Gasteiger partial charge on any atom is 0.241 e. The van der Waals surface area contributed by atoms with Crippen LogP contribution in [0.4, 0.5) is 0 Å². The quantitative estimate of drug-likeness (QED) is 0.741. The molecule has 0 fully saturated rings. The normalized spacial score (nSPS) is 14.7. The largest absolute Gasteiger partial charge is 0.338 e. The zero-order chi connectivity index (χ0) is 15.6. The molecule has 3 aromatic rings. The van der Waals surface area contributed by atoms with Crippen molar-refractivity contribution in [3.63, 3.8) is 0 Å². The second-order valence-electron chi connectivity index (χ2n) is 6.06. The molecule has 4 heteroatoms. The Morgan fingerprint density at radius 3 is 2.70 bits per heavy atom. The molecule has 1 aromatic heterocycles. The van der Waals surface area contributed by atoms with Crippen LogP contribution < -0.4 is 0 Å². The van der Waals surface area contributed by atoms with Gasteiger partial charge in [0.25, 0.3) is 0 Å². The molecule has 0 atom stereocenters. The van der Waals surface area contributed by atoms with E-state index in [0.29, 0.717) is 18.3 Å². The summed E-state index contributed by atoms with van der Waals surface area (Å²) in [6.45, 7) is 4.73. The zero-order valence-electron chi connectivity index (χ0n) is 13.2. The summed E-state index contributed by atoms with van der Waals surface area (Å²) in [6, 6.07) is 16.7. The van der Waals surface area contributed by atoms with E-state index in [9.17, 15) is 0 Å². The lowest BCUT2D eigenvalue weighted by atomic mass is 10.00. The fourth-order valence-electron chi connectivity index (χ4n) is 3.13. The summed E-state index contributed by atoms with van der Waals surface area (Å²) < 4.78 is 5.46. The number of hydrogen-bond acceptors (Lipinski definition) is 4. The Labute approximate surface area is 135 Å². The lowest BCUT2D eigenvalue weighted by Gasteiger charge is -2.27. The Hall–Kier alpha value is -2.46. The van der Waals surface area contributed by atoms with Gasteiger partial charge < -0.3 is 4.52 Å². The first-order valence-corrected chi connectivity index (χ1v) is 7.97. The lowest BCUT2D eigenvalue weighted by Crippen LogP contribution is -2.30. The minimum absolute atomic E-state index is 0.676. The summed E-state index contributed by atoms with van der Waals surface area (Å²) in [7, 11) is 0. The first-order chi connectivity index (χ1) is 11.3. The van der Waals surface area contributed by atoms with E-state index in [1.165, 1.54) is 11.1 Å². The van der Waals surface area contributed by atoms with E-state index in [2.05, 4.69) is 52.3 Å². The maximum atomic E-state index is 5.46. The molecule has 2 heterocycles. The average molecular weight is 305 g/mol. The van der Waals surface area contributed by atoms with E-state index < -0.39 is 0 Å². The van der Waals surface area contributed by atoms with Gasteiger partial charge in [-0.05, 0) is 30.0 Å². The molecule has 0 unspecified atom stereocenters. The van der Waals surface area contributed by atoms with Gasteiger partial charge in [-0.1, -0.05) is 53.7 Å². The molecular formula is C19H19N3O. The molecule has 0 bridgehead atoms. The van der Waals surface area contributed by atoms with Crippen LogP contribution in [0.15, 0.2) is 53.1 Å². The highest BCUT2D eigenvalue weighted by Gasteiger charge is 2.19. The molecule has 0 spiro atoms. The smallest absolute Gasteiger partial charge is 0.241 e. The van der Waals surface area contributed by atoms with Gasteiger partial charge in [-0.15, -0.1) is 0 Å². The van der Waals surface area contributed by atoms with E-state index in [1.807, 2.05) is 18.2 Å². The van der Waals surface area contributed by atoms with Crippen LogP contribution in [0, 0.1) is 6.92 Å². The topological polar surface area (TPSA) is 42.2 Å². The van der Waals surface area contributed by atoms with Gasteiger partial charge in [-0.25, -0.2) is 0 Å². The monoisotopic (exact) mass is 305 g/mol. The standard InChI is InChI=1S/C19H19N3O/c1-14-6-2-5-9-17(14)19-20-18(23-21-19)13-22-11-10-15-7-3-4-8-16(15)12-22/h2-9H,10-13H2,1H3. The van der Waals surface area contributed by atoms with E-state index in [0.717, 1.165) is 30.6 Å². The SMILES string of the molecule is Cc1ccccc1-c1noc(CN2CCc3ccccc3C2)n1. The maximum absolute atomic E-state index is 5.46. The molecule has 0 saturated heterocycles. The number of rotatable bonds is 3. The van der Waals surface area contributed by atoms with Crippen molar-refractivity contribution in [2.75, 3.05) is 6.54 Å². The van der Waals surface area contributed by atoms with Gasteiger partial charge in [0.15, 0.2) is 0 Å². The molecule has 0 radical (unpaired) electrons. The van der Waals surface area contributed by atoms with E-state index in [-0.39, 0.29) is 0 Å². The van der Waals surface area contributed by atoms with Crippen molar-refractivity contribution in [1.82, 2.24) is 15.0 Å². The summed E-state index contributed by atoms with van der Waals surface area (Å²) in [5.74, 6) is 1.36. The third kappa shape index (κ3) is 2.90. The van der Waals surface area contributed by atoms with Crippen LogP contribution in [0.25, 0.3) is 11.4 Å². The predicted octanol–water partition coefficient (Wildman–Crippen LogP) is 3.60. The average Bonchev–Trinajstić information content (AvgIpc) is 3.03. The van der Waals surface area contributed by atoms with Gasteiger partial charge in [0.2, 0.25) is 11.7 Å². The van der Waals surface area contributed by atoms with Gasteiger partial charge in [-0.3, -0.25) is 4.90 Å². The first-order valence-electron chi connectivity index (χ1n) is 7.97. The Kier molecular flexibility index (Phi) is 3.67. The second kappa shape index (κ2) is 5.97. The van der Waals surface area contributed by atoms with Crippen LogP contribution in [-0.4, -0.2) is 21.6 Å². The highest BCUT2D eigenvalue weighted by molar-refractivity contribution is 5.58. The Morgan fingerprint density at radius 1 is 1.04 bits per heavy atom. The molecule has 116 valence electrons. The highest BCUT2D eigenvalue weighted by Crippen LogP contribution is 2.22. The highest BCUT2D eigenvalue weighted by atomic mass is 16.5. The zero-order valence-corrected chi connectivity index (χ0v) is 13.2. The molecule has 4 nitrogen and oxygen atoms in total. The van der Waals surface area contributed by atoms with Crippen LogP contribution in [0.1, 0.15) is 22.6 Å². The lowest BCUT2D eigenvalue weighted by molar-refractivity contribution is 0.210. The van der Waals surface area contributed by atoms with E-state index >= 15 is 0 Å². The third-order valence-electron chi connectivity index (χ3n) is 4.42. The Balaban J connectivity index is 1.50. The third-order valence-corrected chi connectivity index (χ3v) is 4.42. The fourth-order valence-corrected chi connectivity index (χ4v) is 3.13. The number of aromatic nitrogens is 2. The van der Waals surface area contributed by atoms with Crippen molar-refractivity contribution in [2.24, 2.45) is 0 Å². The first kappa shape index (κ1) is 14.2. The summed E-state index contributed by atoms with van der Waals surface area (Å²) in [6.07, 6.45) is 1.08. The molecule has 0 N–H and O–H groups in total. The molecular weight excluding hydrogens is 286 g/mol. The van der Waals surface area contributed by atoms with Crippen molar-refractivity contribution in [3.8, 4) is 11.4 Å². The summed E-state index contributed by atoms with van der Waals surface area (Å²) in [5, 5.41) is 4.14. The Morgan fingerprint density at radius 2 is 1.83 bits per heavy atom. The molecule has 2 aromatic carbocycles. The fraction of sp³-hybridized carbons (Fsp3) is 0.263. The van der Waals surface area contributed by atoms with E-state index in [4.69, 9.17) is 4.52 Å². The summed E-state index contributed by atoms with van der Waals surface area (Å²) >= 11 is 0. The Bertz CT molecular complexity index is 825. The van der Waals surface area contributed by atoms with Crippen LogP contribution in [-0.2, 0) is 19.5 Å². The molecule has 0 saturated carbocycles. The molecule has 23 heavy (non-hydrogen) atoms. The number of hydrogen-bond donors (Lipinski definition) is 0. The van der Waals surface area contributed by atoms with Crippen molar-refractivity contribution in [2.45, 2.75) is 26.4 Å². The number of benzene rings is 2. The molecule has 1 aliphatic heterocycles. The minimum Gasteiger partial charge on any atom is -0.338 e. The van der Waals surface area contributed by atoms with Gasteiger partial charge >= 0.3 is 0 Å². The van der Waals surface area contributed by atoms with Crippen molar-refractivity contribution in [3.05, 3.63) is 71.1 Å². The van der Waals surface area contributed by atoms with Crippen molar-refractivity contribution < 1.29 is 4.52 Å². The molecule has 1 aliphatic rings. The minimum atomic E-state index is 0.676. The number of fused-ring (bicyclic) bond motifs is 1. The van der Waals surface area contributed by atoms with Gasteiger partial charge in [0, 0.05) is 18.7 Å². The van der Waals surface area contributed by atoms with Crippen LogP contribution in [0.5, 0.6) is 0 Å². The van der Waals surface area contributed by atoms with Gasteiger partial charge in [-0.2, -0.15) is 4.98 Å². The van der Waals surface area contributed by atoms with Crippen LogP contribution in [0.3, 0.4) is 0 Å². The van der Waals surface area contributed by atoms with Crippen LogP contribution >= 0.6 is 0 Å². The van der Waals surface area contributed by atoms with Crippen molar-refractivity contribution >= 4 is 0 Å². The number of aryl methyl sites for hydroxylation is 1. The molecule has 4 rings (SSSR count). The van der Waals surface area contributed by atoms with E-state index in [1.54, 1.807) is 0 Å². The summed E-state index contributed by atoms with van der Waals surface area (Å²) in [4.78, 5) is 6.93. The van der Waals surface area contributed by atoms with Crippen molar-refractivity contribution in [1.29, 1.82) is 0 Å². The molecule has 0 amide bonds. The van der Waals surface area contributed by atoms with Gasteiger partial charge in [0.05, 0.1) is 6.54 Å². The van der Waals surface area contributed by atoms with Crippen LogP contribution in [0.2, 0.25) is 0 Å². The van der Waals surface area contributed by atoms with Gasteiger partial charge in [0.1, 0.15) is 0 Å². The number of nitrogens with zero attached hydrogens (tertiary/aromatic N) is 3. The summed E-state index contributed by atoms with van der Waals surface area (Å²) in [5.41, 5.74) is 5.05.